The minimum absolute atomic E-state index is 0.0694. The summed E-state index contributed by atoms with van der Waals surface area (Å²) in [6.45, 7) is 0.0668. The van der Waals surface area contributed by atoms with Crippen molar-refractivity contribution in [2.75, 3.05) is 13.2 Å². The summed E-state index contributed by atoms with van der Waals surface area (Å²) in [4.78, 5) is 24.5. The lowest BCUT2D eigenvalue weighted by Gasteiger charge is -2.28. The van der Waals surface area contributed by atoms with Gasteiger partial charge in [-0.15, -0.1) is 0 Å². The summed E-state index contributed by atoms with van der Waals surface area (Å²) in [7, 11) is 0. The number of rotatable bonds is 5. The Bertz CT molecular complexity index is 544. The number of benzene rings is 1. The van der Waals surface area contributed by atoms with Crippen LogP contribution in [0.4, 0.5) is 5.69 Å². The first-order valence-corrected chi connectivity index (χ1v) is 7.28. The Labute approximate surface area is 127 Å². The molecular weight excluding hydrogens is 296 g/mol. The van der Waals surface area contributed by atoms with E-state index in [0.717, 1.165) is 25.7 Å². The lowest BCUT2D eigenvalue weighted by molar-refractivity contribution is -0.384. The molecule has 0 spiro atoms. The van der Waals surface area contributed by atoms with Crippen molar-refractivity contribution in [3.8, 4) is 0 Å². The molecule has 1 fully saturated rings. The number of non-ortho nitro benzene ring substituents is 1. The van der Waals surface area contributed by atoms with Crippen molar-refractivity contribution in [3.05, 3.63) is 38.9 Å². The molecule has 1 aliphatic rings. The molecule has 0 unspecified atom stereocenters. The fourth-order valence-corrected chi connectivity index (χ4v) is 2.92. The molecule has 1 saturated carbocycles. The topological polar surface area (TPSA) is 83.7 Å². The predicted molar refractivity (Wildman–Crippen MR) is 78.5 cm³/mol. The molecule has 0 aromatic heterocycles. The summed E-state index contributed by atoms with van der Waals surface area (Å²) in [6, 6.07) is 3.90. The van der Waals surface area contributed by atoms with Crippen LogP contribution in [0.1, 0.15) is 36.0 Å². The van der Waals surface area contributed by atoms with E-state index in [0.29, 0.717) is 0 Å². The highest BCUT2D eigenvalue weighted by atomic mass is 35.5. The normalized spacial score (nSPS) is 15.1. The smallest absolute Gasteiger partial charge is 0.270 e. The molecule has 1 N–H and O–H groups in total. The Hall–Kier alpha value is -1.66. The van der Waals surface area contributed by atoms with Crippen molar-refractivity contribution < 1.29 is 14.8 Å². The number of amides is 1. The van der Waals surface area contributed by atoms with Gasteiger partial charge in [0.15, 0.2) is 0 Å². The molecule has 0 bridgehead atoms. The highest BCUT2D eigenvalue weighted by molar-refractivity contribution is 6.33. The van der Waals surface area contributed by atoms with Gasteiger partial charge in [0.25, 0.3) is 11.6 Å². The molecule has 0 aliphatic heterocycles. The second-order valence-corrected chi connectivity index (χ2v) is 5.49. The number of hydrogen-bond acceptors (Lipinski definition) is 4. The van der Waals surface area contributed by atoms with E-state index in [1.54, 1.807) is 4.90 Å². The van der Waals surface area contributed by atoms with Gasteiger partial charge in [-0.2, -0.15) is 0 Å². The van der Waals surface area contributed by atoms with Crippen molar-refractivity contribution in [3.63, 3.8) is 0 Å². The van der Waals surface area contributed by atoms with E-state index in [-0.39, 0.29) is 41.4 Å². The molecule has 21 heavy (non-hydrogen) atoms. The second kappa shape index (κ2) is 6.87. The van der Waals surface area contributed by atoms with Crippen LogP contribution in [0.25, 0.3) is 0 Å². The third-order valence-corrected chi connectivity index (χ3v) is 4.09. The van der Waals surface area contributed by atoms with Crippen molar-refractivity contribution in [2.24, 2.45) is 0 Å². The Morgan fingerprint density at radius 2 is 2.10 bits per heavy atom. The minimum Gasteiger partial charge on any atom is -0.395 e. The highest BCUT2D eigenvalue weighted by Gasteiger charge is 2.29. The monoisotopic (exact) mass is 312 g/mol. The molecule has 1 aromatic rings. The first-order valence-electron chi connectivity index (χ1n) is 6.90. The van der Waals surface area contributed by atoms with E-state index in [9.17, 15) is 14.9 Å². The molecule has 114 valence electrons. The highest BCUT2D eigenvalue weighted by Crippen LogP contribution is 2.28. The summed E-state index contributed by atoms with van der Waals surface area (Å²) >= 11 is 6.01. The fraction of sp³-hybridized carbons (Fsp3) is 0.500. The van der Waals surface area contributed by atoms with E-state index in [2.05, 4.69) is 0 Å². The zero-order valence-electron chi connectivity index (χ0n) is 11.5. The van der Waals surface area contributed by atoms with Gasteiger partial charge in [-0.25, -0.2) is 0 Å². The zero-order chi connectivity index (χ0) is 15.4. The molecule has 0 saturated heterocycles. The summed E-state index contributed by atoms with van der Waals surface area (Å²) in [5.41, 5.74) is -0.0515. The number of aliphatic hydroxyl groups excluding tert-OH is 1. The van der Waals surface area contributed by atoms with Gasteiger partial charge in [-0.05, 0) is 18.9 Å². The van der Waals surface area contributed by atoms with Crippen LogP contribution in [0.2, 0.25) is 5.02 Å². The molecule has 7 heteroatoms. The number of nitro groups is 1. The average Bonchev–Trinajstić information content (AvgIpc) is 2.98. The lowest BCUT2D eigenvalue weighted by Crippen LogP contribution is -2.40. The number of carbonyl (C=O) groups is 1. The van der Waals surface area contributed by atoms with Gasteiger partial charge in [0.2, 0.25) is 0 Å². The number of halogens is 1. The summed E-state index contributed by atoms with van der Waals surface area (Å²) in [5, 5.41) is 20.2. The number of aliphatic hydroxyl groups is 1. The summed E-state index contributed by atoms with van der Waals surface area (Å²) in [5.74, 6) is -0.357. The van der Waals surface area contributed by atoms with E-state index >= 15 is 0 Å². The molecule has 2 rings (SSSR count). The maximum absolute atomic E-state index is 12.6. The van der Waals surface area contributed by atoms with E-state index in [1.807, 2.05) is 0 Å². The van der Waals surface area contributed by atoms with Gasteiger partial charge in [-0.3, -0.25) is 14.9 Å². The van der Waals surface area contributed by atoms with Crippen molar-refractivity contribution in [2.45, 2.75) is 31.7 Å². The maximum atomic E-state index is 12.6. The average molecular weight is 313 g/mol. The molecule has 0 heterocycles. The van der Waals surface area contributed by atoms with Crippen molar-refractivity contribution in [1.82, 2.24) is 4.90 Å². The standard InChI is InChI=1S/C14H17ClN2O4/c15-13-6-5-11(17(20)21)9-12(13)14(19)16(7-8-18)10-3-1-2-4-10/h5-6,9-10,18H,1-4,7-8H2. The quantitative estimate of drug-likeness (QED) is 0.669. The minimum atomic E-state index is -0.556. The van der Waals surface area contributed by atoms with Gasteiger partial charge < -0.3 is 10.0 Å². The number of nitro benzene ring substituents is 1. The van der Waals surface area contributed by atoms with Crippen LogP contribution in [0.5, 0.6) is 0 Å². The summed E-state index contributed by atoms with van der Waals surface area (Å²) in [6.07, 6.45) is 3.86. The van der Waals surface area contributed by atoms with Crippen LogP contribution >= 0.6 is 11.6 Å². The molecule has 1 amide bonds. The van der Waals surface area contributed by atoms with Crippen LogP contribution in [-0.2, 0) is 0 Å². The summed E-state index contributed by atoms with van der Waals surface area (Å²) < 4.78 is 0. The largest absolute Gasteiger partial charge is 0.395 e. The van der Waals surface area contributed by atoms with Gasteiger partial charge in [0.1, 0.15) is 0 Å². The SMILES string of the molecule is O=C(c1cc([N+](=O)[O-])ccc1Cl)N(CCO)C1CCCC1. The molecular formula is C14H17ClN2O4. The molecule has 0 atom stereocenters. The third-order valence-electron chi connectivity index (χ3n) is 3.76. The third kappa shape index (κ3) is 3.51. The first-order chi connectivity index (χ1) is 10.0. The zero-order valence-corrected chi connectivity index (χ0v) is 12.3. The number of nitrogens with zero attached hydrogens (tertiary/aromatic N) is 2. The van der Waals surface area contributed by atoms with E-state index in [1.165, 1.54) is 18.2 Å². The Morgan fingerprint density at radius 1 is 1.43 bits per heavy atom. The van der Waals surface area contributed by atoms with Gasteiger partial charge >= 0.3 is 0 Å². The van der Waals surface area contributed by atoms with Crippen LogP contribution in [-0.4, -0.2) is 40.0 Å². The maximum Gasteiger partial charge on any atom is 0.270 e. The predicted octanol–water partition coefficient (Wildman–Crippen LogP) is 2.63. The van der Waals surface area contributed by atoms with Crippen LogP contribution in [0, 0.1) is 10.1 Å². The van der Waals surface area contributed by atoms with Crippen LogP contribution in [0.15, 0.2) is 18.2 Å². The van der Waals surface area contributed by atoms with E-state index in [4.69, 9.17) is 16.7 Å². The number of carbonyl (C=O) groups excluding carboxylic acids is 1. The van der Waals surface area contributed by atoms with Crippen molar-refractivity contribution in [1.29, 1.82) is 0 Å². The molecule has 6 nitrogen and oxygen atoms in total. The van der Waals surface area contributed by atoms with Gasteiger partial charge in [0.05, 0.1) is 22.1 Å². The Morgan fingerprint density at radius 3 is 2.67 bits per heavy atom. The Kier molecular flexibility index (Phi) is 5.14. The van der Waals surface area contributed by atoms with E-state index < -0.39 is 4.92 Å². The van der Waals surface area contributed by atoms with Gasteiger partial charge in [0, 0.05) is 24.7 Å². The van der Waals surface area contributed by atoms with Crippen LogP contribution in [0.3, 0.4) is 0 Å². The van der Waals surface area contributed by atoms with Gasteiger partial charge in [-0.1, -0.05) is 24.4 Å². The fourth-order valence-electron chi connectivity index (χ4n) is 2.72. The molecule has 1 aromatic carbocycles. The second-order valence-electron chi connectivity index (χ2n) is 5.08. The lowest BCUT2D eigenvalue weighted by atomic mass is 10.1. The first kappa shape index (κ1) is 15.7. The Balaban J connectivity index is 2.31. The molecule has 1 aliphatic carbocycles. The van der Waals surface area contributed by atoms with Crippen molar-refractivity contribution >= 4 is 23.2 Å². The molecule has 0 radical (unpaired) electrons. The number of hydrogen-bond donors (Lipinski definition) is 1. The van der Waals surface area contributed by atoms with Crippen LogP contribution < -0.4 is 0 Å².